The van der Waals surface area contributed by atoms with Crippen LogP contribution in [0.3, 0.4) is 0 Å². The van der Waals surface area contributed by atoms with E-state index in [0.717, 1.165) is 29.7 Å². The molecule has 2 heterocycles. The van der Waals surface area contributed by atoms with Crippen LogP contribution in [0.2, 0.25) is 0 Å². The molecule has 0 spiro atoms. The van der Waals surface area contributed by atoms with Gasteiger partial charge in [0.2, 0.25) is 0 Å². The normalized spacial score (nSPS) is 21.1. The molecular weight excluding hydrogens is 244 g/mol. The molecule has 0 aliphatic carbocycles. The molecule has 1 N–H and O–H groups in total. The number of pyridine rings is 1. The Labute approximate surface area is 92.0 Å². The highest BCUT2D eigenvalue weighted by molar-refractivity contribution is 9.10. The summed E-state index contributed by atoms with van der Waals surface area (Å²) in [6.45, 7) is 1.78. The van der Waals surface area contributed by atoms with E-state index < -0.39 is 0 Å². The van der Waals surface area contributed by atoms with Crippen molar-refractivity contribution in [1.29, 1.82) is 0 Å². The quantitative estimate of drug-likeness (QED) is 0.903. The summed E-state index contributed by atoms with van der Waals surface area (Å²) in [4.78, 5) is 4.08. The fourth-order valence-corrected chi connectivity index (χ4v) is 1.91. The van der Waals surface area contributed by atoms with Crippen LogP contribution in [0.25, 0.3) is 0 Å². The second kappa shape index (κ2) is 4.75. The maximum Gasteiger partial charge on any atom is 0.0748 e. The van der Waals surface area contributed by atoms with Crippen LogP contribution in [-0.4, -0.2) is 24.2 Å². The van der Waals surface area contributed by atoms with Crippen LogP contribution in [-0.2, 0) is 4.74 Å². The van der Waals surface area contributed by atoms with E-state index in [1.165, 1.54) is 6.42 Å². The maximum atomic E-state index is 5.51. The summed E-state index contributed by atoms with van der Waals surface area (Å²) in [6.07, 6.45) is 6.31. The molecule has 1 aromatic rings. The van der Waals surface area contributed by atoms with Crippen molar-refractivity contribution in [2.24, 2.45) is 0 Å². The third kappa shape index (κ3) is 2.69. The summed E-state index contributed by atoms with van der Waals surface area (Å²) in [5.41, 5.74) is 1.04. The molecule has 1 saturated heterocycles. The lowest BCUT2D eigenvalue weighted by Crippen LogP contribution is -2.18. The van der Waals surface area contributed by atoms with Crippen LogP contribution < -0.4 is 5.32 Å². The first-order valence-corrected chi connectivity index (χ1v) is 5.60. The van der Waals surface area contributed by atoms with Gasteiger partial charge < -0.3 is 10.1 Å². The van der Waals surface area contributed by atoms with E-state index >= 15 is 0 Å². The fourth-order valence-electron chi connectivity index (χ4n) is 1.55. The lowest BCUT2D eigenvalue weighted by molar-refractivity contribution is 0.120. The summed E-state index contributed by atoms with van der Waals surface area (Å²) < 4.78 is 6.51. The molecule has 1 atom stereocenters. The number of hydrogen-bond acceptors (Lipinski definition) is 3. The summed E-state index contributed by atoms with van der Waals surface area (Å²) in [6, 6.07) is 2.02. The van der Waals surface area contributed by atoms with Crippen molar-refractivity contribution in [3.05, 3.63) is 22.9 Å². The number of nitrogens with zero attached hydrogens (tertiary/aromatic N) is 1. The number of rotatable bonds is 3. The molecule has 3 nitrogen and oxygen atoms in total. The van der Waals surface area contributed by atoms with Gasteiger partial charge in [-0.2, -0.15) is 0 Å². The standard InChI is InChI=1S/C10H13BrN2O/c11-8-4-9(6-12-5-8)13-7-10-2-1-3-14-10/h4-6,10,13H,1-3,7H2/t10-/m0/s1. The molecule has 0 saturated carbocycles. The minimum Gasteiger partial charge on any atom is -0.381 e. The minimum absolute atomic E-state index is 0.369. The van der Waals surface area contributed by atoms with Crippen LogP contribution in [0.5, 0.6) is 0 Å². The molecule has 14 heavy (non-hydrogen) atoms. The van der Waals surface area contributed by atoms with E-state index in [1.807, 2.05) is 12.3 Å². The van der Waals surface area contributed by atoms with Gasteiger partial charge >= 0.3 is 0 Å². The Balaban J connectivity index is 1.85. The van der Waals surface area contributed by atoms with Gasteiger partial charge in [0.1, 0.15) is 0 Å². The molecule has 0 aromatic carbocycles. The van der Waals surface area contributed by atoms with E-state index in [2.05, 4.69) is 26.2 Å². The zero-order valence-corrected chi connectivity index (χ0v) is 9.46. The Morgan fingerprint density at radius 2 is 2.50 bits per heavy atom. The monoisotopic (exact) mass is 256 g/mol. The van der Waals surface area contributed by atoms with E-state index in [1.54, 1.807) is 6.20 Å². The van der Waals surface area contributed by atoms with Gasteiger partial charge in [-0.05, 0) is 34.8 Å². The Morgan fingerprint density at radius 1 is 1.57 bits per heavy atom. The first-order valence-electron chi connectivity index (χ1n) is 4.80. The predicted molar refractivity (Wildman–Crippen MR) is 59.4 cm³/mol. The highest BCUT2D eigenvalue weighted by Gasteiger charge is 2.14. The first-order chi connectivity index (χ1) is 6.84. The van der Waals surface area contributed by atoms with Crippen molar-refractivity contribution in [2.45, 2.75) is 18.9 Å². The maximum absolute atomic E-state index is 5.51. The molecule has 0 bridgehead atoms. The van der Waals surface area contributed by atoms with Crippen LogP contribution in [0, 0.1) is 0 Å². The average molecular weight is 257 g/mol. The Morgan fingerprint density at radius 3 is 3.21 bits per heavy atom. The van der Waals surface area contributed by atoms with Crippen LogP contribution in [0.1, 0.15) is 12.8 Å². The molecular formula is C10H13BrN2O. The van der Waals surface area contributed by atoms with Crippen molar-refractivity contribution >= 4 is 21.6 Å². The molecule has 1 aliphatic rings. The van der Waals surface area contributed by atoms with Gasteiger partial charge in [0.25, 0.3) is 0 Å². The SMILES string of the molecule is Brc1cncc(NC[C@@H]2CCCO2)c1. The summed E-state index contributed by atoms with van der Waals surface area (Å²) in [5.74, 6) is 0. The third-order valence-corrected chi connectivity index (χ3v) is 2.70. The lowest BCUT2D eigenvalue weighted by atomic mass is 10.2. The van der Waals surface area contributed by atoms with Gasteiger partial charge in [-0.1, -0.05) is 0 Å². The van der Waals surface area contributed by atoms with E-state index in [-0.39, 0.29) is 0 Å². The second-order valence-electron chi connectivity index (χ2n) is 3.41. The molecule has 4 heteroatoms. The molecule has 0 amide bonds. The Hall–Kier alpha value is -0.610. The predicted octanol–water partition coefficient (Wildman–Crippen LogP) is 2.44. The van der Waals surface area contributed by atoms with Crippen molar-refractivity contribution in [1.82, 2.24) is 4.98 Å². The van der Waals surface area contributed by atoms with Crippen molar-refractivity contribution < 1.29 is 4.74 Å². The number of halogens is 1. The number of aromatic nitrogens is 1. The molecule has 1 aliphatic heterocycles. The largest absolute Gasteiger partial charge is 0.381 e. The van der Waals surface area contributed by atoms with Crippen LogP contribution in [0.4, 0.5) is 5.69 Å². The van der Waals surface area contributed by atoms with E-state index in [0.29, 0.717) is 6.10 Å². The molecule has 1 fully saturated rings. The smallest absolute Gasteiger partial charge is 0.0748 e. The highest BCUT2D eigenvalue weighted by atomic mass is 79.9. The molecule has 0 radical (unpaired) electrons. The van der Waals surface area contributed by atoms with Crippen molar-refractivity contribution in [3.63, 3.8) is 0 Å². The number of ether oxygens (including phenoxy) is 1. The zero-order valence-electron chi connectivity index (χ0n) is 7.87. The number of hydrogen-bond donors (Lipinski definition) is 1. The van der Waals surface area contributed by atoms with Gasteiger partial charge in [-0.25, -0.2) is 0 Å². The summed E-state index contributed by atoms with van der Waals surface area (Å²) in [7, 11) is 0. The topological polar surface area (TPSA) is 34.2 Å². The van der Waals surface area contributed by atoms with Gasteiger partial charge in [-0.3, -0.25) is 4.98 Å². The van der Waals surface area contributed by atoms with Crippen LogP contribution >= 0.6 is 15.9 Å². The van der Waals surface area contributed by atoms with Gasteiger partial charge in [0.15, 0.2) is 0 Å². The van der Waals surface area contributed by atoms with Gasteiger partial charge in [0, 0.05) is 23.8 Å². The van der Waals surface area contributed by atoms with E-state index in [4.69, 9.17) is 4.74 Å². The average Bonchev–Trinajstić information content (AvgIpc) is 2.67. The molecule has 76 valence electrons. The lowest BCUT2D eigenvalue weighted by Gasteiger charge is -2.11. The molecule has 2 rings (SSSR count). The minimum atomic E-state index is 0.369. The van der Waals surface area contributed by atoms with Crippen LogP contribution in [0.15, 0.2) is 22.9 Å². The van der Waals surface area contributed by atoms with Gasteiger partial charge in [-0.15, -0.1) is 0 Å². The molecule has 0 unspecified atom stereocenters. The zero-order chi connectivity index (χ0) is 9.80. The van der Waals surface area contributed by atoms with E-state index in [9.17, 15) is 0 Å². The highest BCUT2D eigenvalue weighted by Crippen LogP contribution is 2.16. The first kappa shape index (κ1) is 9.93. The van der Waals surface area contributed by atoms with Crippen molar-refractivity contribution in [2.75, 3.05) is 18.5 Å². The third-order valence-electron chi connectivity index (χ3n) is 2.26. The Bertz CT molecular complexity index is 300. The summed E-state index contributed by atoms with van der Waals surface area (Å²) in [5, 5.41) is 3.31. The second-order valence-corrected chi connectivity index (χ2v) is 4.32. The number of anilines is 1. The fraction of sp³-hybridized carbons (Fsp3) is 0.500. The van der Waals surface area contributed by atoms with Crippen molar-refractivity contribution in [3.8, 4) is 0 Å². The molecule has 1 aromatic heterocycles. The number of nitrogens with one attached hydrogen (secondary N) is 1. The van der Waals surface area contributed by atoms with Gasteiger partial charge in [0.05, 0.1) is 18.0 Å². The Kier molecular flexibility index (Phi) is 3.37. The summed E-state index contributed by atoms with van der Waals surface area (Å²) >= 11 is 3.38.